The molecule has 0 radical (unpaired) electrons. The molecule has 0 saturated heterocycles. The van der Waals surface area contributed by atoms with E-state index in [-0.39, 0.29) is 19.8 Å². The monoisotopic (exact) mass is 289 g/mol. The summed E-state index contributed by atoms with van der Waals surface area (Å²) < 4.78 is 14.0. The van der Waals surface area contributed by atoms with E-state index in [0.29, 0.717) is 0 Å². The summed E-state index contributed by atoms with van der Waals surface area (Å²) in [4.78, 5) is 33.4. The van der Waals surface area contributed by atoms with Gasteiger partial charge in [-0.15, -0.1) is 0 Å². The van der Waals surface area contributed by atoms with Crippen LogP contribution in [0.4, 0.5) is 4.79 Å². The fraction of sp³-hybridized carbons (Fsp3) is 0.583. The van der Waals surface area contributed by atoms with Crippen molar-refractivity contribution in [1.82, 2.24) is 5.32 Å². The maximum Gasteiger partial charge on any atom is 0.407 e. The summed E-state index contributed by atoms with van der Waals surface area (Å²) in [6, 6.07) is 0. The lowest BCUT2D eigenvalue weighted by Crippen LogP contribution is -2.33. The third-order valence-corrected chi connectivity index (χ3v) is 1.91. The molecule has 0 fully saturated rings. The molecule has 0 heterocycles. The Balaban J connectivity index is 3.79. The van der Waals surface area contributed by atoms with Gasteiger partial charge in [-0.05, 0) is 13.8 Å². The van der Waals surface area contributed by atoms with Crippen molar-refractivity contribution in [2.24, 2.45) is 0 Å². The van der Waals surface area contributed by atoms with E-state index in [2.05, 4.69) is 21.4 Å². The lowest BCUT2D eigenvalue weighted by atomic mass is 10.4. The Bertz CT molecular complexity index is 354. The summed E-state index contributed by atoms with van der Waals surface area (Å²) in [6.45, 7) is 5.95. The van der Waals surface area contributed by atoms with E-state index in [4.69, 9.17) is 9.84 Å². The second kappa shape index (κ2) is 9.79. The van der Waals surface area contributed by atoms with Crippen LogP contribution >= 0.6 is 0 Å². The number of hydrogen-bond acceptors (Lipinski definition) is 7. The molecule has 0 aliphatic carbocycles. The first-order valence-corrected chi connectivity index (χ1v) is 5.95. The van der Waals surface area contributed by atoms with Crippen molar-refractivity contribution in [3.05, 3.63) is 12.7 Å². The van der Waals surface area contributed by atoms with Gasteiger partial charge in [0.1, 0.15) is 19.3 Å². The molecule has 0 saturated carbocycles. The van der Waals surface area contributed by atoms with Crippen molar-refractivity contribution in [2.45, 2.75) is 26.1 Å². The molecule has 0 spiro atoms. The third kappa shape index (κ3) is 8.09. The molecule has 2 N–H and O–H groups in total. The molecule has 0 aromatic heterocycles. The quantitative estimate of drug-likeness (QED) is 0.274. The molecule has 0 aromatic rings. The van der Waals surface area contributed by atoms with E-state index in [1.54, 1.807) is 0 Å². The summed E-state index contributed by atoms with van der Waals surface area (Å²) in [7, 11) is 0. The zero-order chi connectivity index (χ0) is 15.5. The van der Waals surface area contributed by atoms with Crippen LogP contribution in [-0.4, -0.2) is 55.1 Å². The summed E-state index contributed by atoms with van der Waals surface area (Å²) in [5.41, 5.74) is 0. The van der Waals surface area contributed by atoms with Gasteiger partial charge in [0, 0.05) is 0 Å². The number of ether oxygens (including phenoxy) is 3. The van der Waals surface area contributed by atoms with Crippen molar-refractivity contribution >= 4 is 18.0 Å². The van der Waals surface area contributed by atoms with Gasteiger partial charge in [-0.1, -0.05) is 12.7 Å². The molecule has 0 aliphatic heterocycles. The molecule has 2 atom stereocenters. The molecule has 0 rings (SSSR count). The molecule has 8 nitrogen and oxygen atoms in total. The third-order valence-electron chi connectivity index (χ3n) is 1.91. The number of nitrogens with one attached hydrogen (secondary N) is 1. The van der Waals surface area contributed by atoms with Gasteiger partial charge in [0.05, 0.1) is 6.54 Å². The summed E-state index contributed by atoms with van der Waals surface area (Å²) >= 11 is 0. The van der Waals surface area contributed by atoms with Crippen molar-refractivity contribution in [1.29, 1.82) is 0 Å². The van der Waals surface area contributed by atoms with E-state index in [1.165, 1.54) is 19.9 Å². The van der Waals surface area contributed by atoms with Gasteiger partial charge in [-0.25, -0.2) is 14.4 Å². The Kier molecular flexibility index (Phi) is 8.77. The minimum absolute atomic E-state index is 0.0544. The van der Waals surface area contributed by atoms with Crippen LogP contribution in [0, 0.1) is 0 Å². The molecule has 2 unspecified atom stereocenters. The Morgan fingerprint density at radius 2 is 1.90 bits per heavy atom. The van der Waals surface area contributed by atoms with Crippen LogP contribution in [0.2, 0.25) is 0 Å². The van der Waals surface area contributed by atoms with Crippen LogP contribution < -0.4 is 5.32 Å². The summed E-state index contributed by atoms with van der Waals surface area (Å²) in [5, 5.41) is 11.2. The highest BCUT2D eigenvalue weighted by Crippen LogP contribution is 1.98. The highest BCUT2D eigenvalue weighted by Gasteiger charge is 2.21. The normalized spacial score (nSPS) is 12.8. The topological polar surface area (TPSA) is 111 Å². The fourth-order valence-electron chi connectivity index (χ4n) is 0.929. The van der Waals surface area contributed by atoms with E-state index in [0.717, 1.165) is 0 Å². The van der Waals surface area contributed by atoms with Crippen LogP contribution in [-0.2, 0) is 23.8 Å². The maximum atomic E-state index is 11.4. The predicted molar refractivity (Wildman–Crippen MR) is 67.7 cm³/mol. The second-order valence-corrected chi connectivity index (χ2v) is 3.74. The van der Waals surface area contributed by atoms with Gasteiger partial charge in [-0.2, -0.15) is 0 Å². The minimum Gasteiger partial charge on any atom is -0.461 e. The lowest BCUT2D eigenvalue weighted by molar-refractivity contribution is -0.171. The largest absolute Gasteiger partial charge is 0.461 e. The molecule has 1 amide bonds. The highest BCUT2D eigenvalue weighted by molar-refractivity contribution is 5.80. The zero-order valence-electron chi connectivity index (χ0n) is 11.5. The van der Waals surface area contributed by atoms with Gasteiger partial charge in [0.2, 0.25) is 0 Å². The van der Waals surface area contributed by atoms with Crippen LogP contribution in [0.1, 0.15) is 13.8 Å². The Morgan fingerprint density at radius 3 is 2.45 bits per heavy atom. The zero-order valence-corrected chi connectivity index (χ0v) is 11.5. The first-order valence-electron chi connectivity index (χ1n) is 5.95. The Labute approximate surface area is 116 Å². The van der Waals surface area contributed by atoms with Gasteiger partial charge >= 0.3 is 18.0 Å². The van der Waals surface area contributed by atoms with Crippen LogP contribution in [0.25, 0.3) is 0 Å². The van der Waals surface area contributed by atoms with Crippen LogP contribution in [0.3, 0.4) is 0 Å². The molecule has 114 valence electrons. The number of aliphatic hydroxyl groups excluding tert-OH is 1. The van der Waals surface area contributed by atoms with Gasteiger partial charge in [0.25, 0.3) is 0 Å². The predicted octanol–water partition coefficient (Wildman–Crippen LogP) is -0.246. The fourth-order valence-corrected chi connectivity index (χ4v) is 0.929. The number of amides is 1. The van der Waals surface area contributed by atoms with Crippen molar-refractivity contribution in [3.8, 4) is 0 Å². The smallest absolute Gasteiger partial charge is 0.407 e. The summed E-state index contributed by atoms with van der Waals surface area (Å²) in [6.07, 6.45) is -1.69. The first kappa shape index (κ1) is 17.9. The molecule has 0 bridgehead atoms. The molecule has 0 aromatic carbocycles. The molecular formula is C12H19NO7. The number of carbonyl (C=O) groups is 3. The van der Waals surface area contributed by atoms with Crippen molar-refractivity contribution in [2.75, 3.05) is 19.8 Å². The molecule has 0 aliphatic rings. The Morgan fingerprint density at radius 1 is 1.25 bits per heavy atom. The summed E-state index contributed by atoms with van der Waals surface area (Å²) in [5.74, 6) is -1.69. The average molecular weight is 289 g/mol. The molecule has 20 heavy (non-hydrogen) atoms. The number of hydrogen-bond donors (Lipinski definition) is 2. The van der Waals surface area contributed by atoms with Gasteiger partial charge < -0.3 is 24.6 Å². The maximum absolute atomic E-state index is 11.4. The minimum atomic E-state index is -1.31. The highest BCUT2D eigenvalue weighted by atomic mass is 16.6. The Hall–Kier alpha value is -2.09. The van der Waals surface area contributed by atoms with E-state index < -0.39 is 30.2 Å². The average Bonchev–Trinajstić information content (AvgIpc) is 2.40. The number of carbonyl (C=O) groups excluding carboxylic acids is 3. The van der Waals surface area contributed by atoms with Gasteiger partial charge in [-0.3, -0.25) is 0 Å². The number of aliphatic hydroxyl groups is 1. The van der Waals surface area contributed by atoms with E-state index in [1.807, 2.05) is 0 Å². The van der Waals surface area contributed by atoms with Crippen LogP contribution in [0.15, 0.2) is 12.7 Å². The number of esters is 2. The SMILES string of the molecule is C=CCOC(=O)NCCOC(=O)C(C)OC(=O)C(C)O. The number of rotatable bonds is 8. The standard InChI is InChI=1S/C12H19NO7/c1-4-6-19-12(17)13-5-7-18-11(16)9(3)20-10(15)8(2)14/h4,8-9,14H,1,5-7H2,2-3H3,(H,13,17). The van der Waals surface area contributed by atoms with E-state index >= 15 is 0 Å². The van der Waals surface area contributed by atoms with Crippen molar-refractivity contribution < 1.29 is 33.7 Å². The van der Waals surface area contributed by atoms with Crippen molar-refractivity contribution in [3.63, 3.8) is 0 Å². The number of alkyl carbamates (subject to hydrolysis) is 1. The molecular weight excluding hydrogens is 270 g/mol. The van der Waals surface area contributed by atoms with Crippen LogP contribution in [0.5, 0.6) is 0 Å². The van der Waals surface area contributed by atoms with Gasteiger partial charge in [0.15, 0.2) is 6.10 Å². The lowest BCUT2D eigenvalue weighted by Gasteiger charge is -2.13. The molecule has 8 heteroatoms. The first-order chi connectivity index (χ1) is 9.38. The van der Waals surface area contributed by atoms with E-state index in [9.17, 15) is 14.4 Å². The second-order valence-electron chi connectivity index (χ2n) is 3.74.